The van der Waals surface area contributed by atoms with Gasteiger partial charge < -0.3 is 9.90 Å². The van der Waals surface area contributed by atoms with E-state index in [-0.39, 0.29) is 5.56 Å². The Labute approximate surface area is 126 Å². The van der Waals surface area contributed by atoms with Gasteiger partial charge in [-0.1, -0.05) is 24.3 Å². The molecule has 4 heteroatoms. The van der Waals surface area contributed by atoms with Crippen molar-refractivity contribution in [2.45, 2.75) is 12.8 Å². The summed E-state index contributed by atoms with van der Waals surface area (Å²) < 4.78 is 13.5. The lowest BCUT2D eigenvalue weighted by atomic mass is 9.85. The molecule has 2 aromatic carbocycles. The highest BCUT2D eigenvalue weighted by molar-refractivity contribution is 6.05. The number of carbonyl (C=O) groups excluding carboxylic acids is 1. The summed E-state index contributed by atoms with van der Waals surface area (Å²) in [5.74, 6) is -1.76. The Bertz CT molecular complexity index is 934. The van der Waals surface area contributed by atoms with Crippen molar-refractivity contribution >= 4 is 16.9 Å². The van der Waals surface area contributed by atoms with Gasteiger partial charge in [-0.3, -0.25) is 0 Å². The van der Waals surface area contributed by atoms with E-state index >= 15 is 0 Å². The first-order chi connectivity index (χ1) is 10.6. The number of carboxylic acids is 1. The number of carboxylic acid groups (broad SMARTS) is 1. The van der Waals surface area contributed by atoms with E-state index in [0.29, 0.717) is 28.6 Å². The standard InChI is InChI=1S/C18H12FNO2/c19-11-6-8-15-14(9-11)16(18(21)22)13-7-5-10-3-1-2-4-12(10)17(13)20-15/h1-4,6,8-9H,5,7H2,(H,21,22)/p-1. The highest BCUT2D eigenvalue weighted by Crippen LogP contribution is 2.36. The van der Waals surface area contributed by atoms with Crippen LogP contribution in [0.5, 0.6) is 0 Å². The van der Waals surface area contributed by atoms with Crippen LogP contribution in [0.3, 0.4) is 0 Å². The molecular weight excluding hydrogens is 281 g/mol. The zero-order chi connectivity index (χ0) is 15.3. The van der Waals surface area contributed by atoms with Crippen LogP contribution in [0.15, 0.2) is 42.5 Å². The first-order valence-corrected chi connectivity index (χ1v) is 7.07. The molecule has 0 N–H and O–H groups in total. The molecule has 0 aliphatic heterocycles. The van der Waals surface area contributed by atoms with Crippen molar-refractivity contribution in [2.24, 2.45) is 0 Å². The van der Waals surface area contributed by atoms with Crippen LogP contribution in [0, 0.1) is 5.82 Å². The molecule has 0 fully saturated rings. The number of aryl methyl sites for hydroxylation is 1. The van der Waals surface area contributed by atoms with Crippen LogP contribution < -0.4 is 5.11 Å². The third-order valence-electron chi connectivity index (χ3n) is 4.17. The molecule has 0 saturated heterocycles. The van der Waals surface area contributed by atoms with Gasteiger partial charge in [0.15, 0.2) is 0 Å². The number of carbonyl (C=O) groups is 1. The maximum absolute atomic E-state index is 13.5. The van der Waals surface area contributed by atoms with Crippen molar-refractivity contribution in [2.75, 3.05) is 0 Å². The predicted octanol–water partition coefficient (Wildman–Crippen LogP) is 2.50. The normalized spacial score (nSPS) is 12.8. The Hall–Kier alpha value is -2.75. The number of hydrogen-bond acceptors (Lipinski definition) is 3. The molecule has 108 valence electrons. The smallest absolute Gasteiger partial charge is 0.123 e. The summed E-state index contributed by atoms with van der Waals surface area (Å²) in [6.45, 7) is 0. The predicted molar refractivity (Wildman–Crippen MR) is 78.9 cm³/mol. The van der Waals surface area contributed by atoms with E-state index in [0.717, 1.165) is 17.5 Å². The SMILES string of the molecule is O=C([O-])c1c2c(nc3ccc(F)cc13)-c1ccccc1CC2. The fourth-order valence-corrected chi connectivity index (χ4v) is 3.20. The van der Waals surface area contributed by atoms with Crippen LogP contribution in [0.1, 0.15) is 21.5 Å². The van der Waals surface area contributed by atoms with Crippen molar-refractivity contribution in [3.8, 4) is 11.3 Å². The molecule has 0 radical (unpaired) electrons. The average molecular weight is 292 g/mol. The molecule has 4 rings (SSSR count). The summed E-state index contributed by atoms with van der Waals surface area (Å²) in [4.78, 5) is 16.2. The van der Waals surface area contributed by atoms with Gasteiger partial charge in [-0.15, -0.1) is 0 Å². The van der Waals surface area contributed by atoms with Gasteiger partial charge in [-0.2, -0.15) is 0 Å². The molecule has 1 aromatic heterocycles. The van der Waals surface area contributed by atoms with Crippen LogP contribution in [0.25, 0.3) is 22.2 Å². The second-order valence-electron chi connectivity index (χ2n) is 5.42. The van der Waals surface area contributed by atoms with Gasteiger partial charge in [0.05, 0.1) is 17.2 Å². The van der Waals surface area contributed by atoms with Gasteiger partial charge in [-0.05, 0) is 42.2 Å². The molecular formula is C18H11FNO2-. The van der Waals surface area contributed by atoms with Gasteiger partial charge in [0.2, 0.25) is 0 Å². The summed E-state index contributed by atoms with van der Waals surface area (Å²) in [7, 11) is 0. The van der Waals surface area contributed by atoms with Gasteiger partial charge >= 0.3 is 0 Å². The Morgan fingerprint density at radius 2 is 1.95 bits per heavy atom. The van der Waals surface area contributed by atoms with E-state index in [1.54, 1.807) is 0 Å². The van der Waals surface area contributed by atoms with Crippen LogP contribution >= 0.6 is 0 Å². The minimum Gasteiger partial charge on any atom is -0.545 e. The fourth-order valence-electron chi connectivity index (χ4n) is 3.20. The van der Waals surface area contributed by atoms with Crippen molar-refractivity contribution in [1.29, 1.82) is 0 Å². The van der Waals surface area contributed by atoms with Crippen molar-refractivity contribution in [3.63, 3.8) is 0 Å². The highest BCUT2D eigenvalue weighted by atomic mass is 19.1. The number of aromatic nitrogens is 1. The Morgan fingerprint density at radius 1 is 1.14 bits per heavy atom. The minimum atomic E-state index is -1.28. The summed E-state index contributed by atoms with van der Waals surface area (Å²) in [5, 5.41) is 12.0. The molecule has 0 saturated carbocycles. The van der Waals surface area contributed by atoms with Crippen LogP contribution in [-0.4, -0.2) is 11.0 Å². The zero-order valence-electron chi connectivity index (χ0n) is 11.6. The molecule has 0 atom stereocenters. The lowest BCUT2D eigenvalue weighted by Crippen LogP contribution is -2.26. The summed E-state index contributed by atoms with van der Waals surface area (Å²) in [6, 6.07) is 11.8. The molecule has 0 unspecified atom stereocenters. The van der Waals surface area contributed by atoms with Crippen molar-refractivity contribution in [3.05, 3.63) is 65.0 Å². The first kappa shape index (κ1) is 13.0. The molecule has 1 heterocycles. The lowest BCUT2D eigenvalue weighted by molar-refractivity contribution is -0.254. The van der Waals surface area contributed by atoms with Gasteiger partial charge in [0, 0.05) is 16.5 Å². The monoisotopic (exact) mass is 292 g/mol. The maximum atomic E-state index is 13.5. The van der Waals surface area contributed by atoms with E-state index in [1.165, 1.54) is 18.2 Å². The zero-order valence-corrected chi connectivity index (χ0v) is 11.6. The minimum absolute atomic E-state index is 0.0639. The summed E-state index contributed by atoms with van der Waals surface area (Å²) in [6.07, 6.45) is 1.31. The number of hydrogen-bond donors (Lipinski definition) is 0. The fraction of sp³-hybridized carbons (Fsp3) is 0.111. The topological polar surface area (TPSA) is 53.0 Å². The number of rotatable bonds is 1. The summed E-state index contributed by atoms with van der Waals surface area (Å²) >= 11 is 0. The molecule has 0 amide bonds. The quantitative estimate of drug-likeness (QED) is 0.692. The van der Waals surface area contributed by atoms with Crippen molar-refractivity contribution in [1.82, 2.24) is 4.98 Å². The van der Waals surface area contributed by atoms with E-state index in [4.69, 9.17) is 0 Å². The number of nitrogens with zero attached hydrogens (tertiary/aromatic N) is 1. The van der Waals surface area contributed by atoms with Crippen LogP contribution in [0.4, 0.5) is 4.39 Å². The lowest BCUT2D eigenvalue weighted by Gasteiger charge is -2.23. The first-order valence-electron chi connectivity index (χ1n) is 7.07. The molecule has 1 aliphatic rings. The van der Waals surface area contributed by atoms with E-state index in [1.807, 2.05) is 24.3 Å². The van der Waals surface area contributed by atoms with Gasteiger partial charge in [0.1, 0.15) is 5.82 Å². The molecule has 0 spiro atoms. The molecule has 0 bridgehead atoms. The number of halogens is 1. The maximum Gasteiger partial charge on any atom is 0.123 e. The average Bonchev–Trinajstić information content (AvgIpc) is 2.52. The van der Waals surface area contributed by atoms with E-state index in [2.05, 4.69) is 4.98 Å². The van der Waals surface area contributed by atoms with E-state index in [9.17, 15) is 14.3 Å². The van der Waals surface area contributed by atoms with Crippen molar-refractivity contribution < 1.29 is 14.3 Å². The third-order valence-corrected chi connectivity index (χ3v) is 4.17. The number of aromatic carboxylic acids is 1. The second-order valence-corrected chi connectivity index (χ2v) is 5.42. The van der Waals surface area contributed by atoms with E-state index < -0.39 is 11.8 Å². The number of benzene rings is 2. The Morgan fingerprint density at radius 3 is 2.77 bits per heavy atom. The van der Waals surface area contributed by atoms with Gasteiger partial charge in [-0.25, -0.2) is 9.37 Å². The van der Waals surface area contributed by atoms with Crippen LogP contribution in [0.2, 0.25) is 0 Å². The molecule has 3 nitrogen and oxygen atoms in total. The summed E-state index contributed by atoms with van der Waals surface area (Å²) in [5.41, 5.74) is 3.92. The Kier molecular flexibility index (Phi) is 2.73. The Balaban J connectivity index is 2.14. The molecule has 22 heavy (non-hydrogen) atoms. The third kappa shape index (κ3) is 1.80. The number of pyridine rings is 1. The highest BCUT2D eigenvalue weighted by Gasteiger charge is 2.22. The molecule has 1 aliphatic carbocycles. The number of fused-ring (bicyclic) bond motifs is 4. The van der Waals surface area contributed by atoms with Crippen LogP contribution in [-0.2, 0) is 12.8 Å². The van der Waals surface area contributed by atoms with Gasteiger partial charge in [0.25, 0.3) is 0 Å². The largest absolute Gasteiger partial charge is 0.545 e. The second kappa shape index (κ2) is 4.63. The molecule has 3 aromatic rings.